The van der Waals surface area contributed by atoms with Gasteiger partial charge in [0.15, 0.2) is 0 Å². The Labute approximate surface area is 85.5 Å². The van der Waals surface area contributed by atoms with Gasteiger partial charge < -0.3 is 5.32 Å². The summed E-state index contributed by atoms with van der Waals surface area (Å²) in [6.45, 7) is 0.375. The van der Waals surface area contributed by atoms with E-state index < -0.39 is 0 Å². The molecular formula is C12H17NO. The van der Waals surface area contributed by atoms with Crippen LogP contribution in [0.25, 0.3) is 0 Å². The molecule has 2 aliphatic carbocycles. The normalized spacial score (nSPS) is 34.1. The predicted molar refractivity (Wildman–Crippen MR) is 55.4 cm³/mol. The molecule has 0 radical (unpaired) electrons. The van der Waals surface area contributed by atoms with Crippen molar-refractivity contribution in [2.24, 2.45) is 17.8 Å². The zero-order valence-electron chi connectivity index (χ0n) is 8.46. The lowest BCUT2D eigenvalue weighted by Gasteiger charge is -2.20. The lowest BCUT2D eigenvalue weighted by atomic mass is 9.86. The molecule has 2 fully saturated rings. The van der Waals surface area contributed by atoms with Gasteiger partial charge in [-0.2, -0.15) is 0 Å². The van der Waals surface area contributed by atoms with Crippen molar-refractivity contribution >= 4 is 5.91 Å². The van der Waals surface area contributed by atoms with E-state index in [1.807, 2.05) is 0 Å². The second-order valence-electron chi connectivity index (χ2n) is 4.62. The number of carbonyl (C=O) groups excluding carboxylic acids is 1. The molecule has 2 rings (SSSR count). The van der Waals surface area contributed by atoms with E-state index in [4.69, 9.17) is 6.42 Å². The molecule has 2 heteroatoms. The van der Waals surface area contributed by atoms with E-state index in [0.717, 1.165) is 11.8 Å². The number of carbonyl (C=O) groups is 1. The third-order valence-electron chi connectivity index (χ3n) is 3.72. The Bertz CT molecular complexity index is 266. The second-order valence-corrected chi connectivity index (χ2v) is 4.62. The highest BCUT2D eigenvalue weighted by atomic mass is 16.1. The van der Waals surface area contributed by atoms with Crippen molar-refractivity contribution in [1.29, 1.82) is 0 Å². The number of nitrogens with one attached hydrogen (secondary N) is 1. The Morgan fingerprint density at radius 3 is 2.86 bits per heavy atom. The minimum Gasteiger partial charge on any atom is -0.345 e. The molecule has 1 amide bonds. The van der Waals surface area contributed by atoms with Crippen LogP contribution in [0.2, 0.25) is 0 Å². The third kappa shape index (κ3) is 1.92. The fraction of sp³-hybridized carbons (Fsp3) is 0.750. The molecule has 2 bridgehead atoms. The molecule has 14 heavy (non-hydrogen) atoms. The Morgan fingerprint density at radius 2 is 2.29 bits per heavy atom. The quantitative estimate of drug-likeness (QED) is 0.674. The first-order valence-electron chi connectivity index (χ1n) is 5.49. The first-order chi connectivity index (χ1) is 6.79. The molecule has 0 aromatic rings. The lowest BCUT2D eigenvalue weighted by molar-refractivity contribution is -0.122. The fourth-order valence-electron chi connectivity index (χ4n) is 3.09. The molecule has 2 aliphatic rings. The number of amides is 1. The van der Waals surface area contributed by atoms with E-state index in [2.05, 4.69) is 11.2 Å². The first kappa shape index (κ1) is 9.58. The van der Waals surface area contributed by atoms with Gasteiger partial charge in [-0.05, 0) is 37.0 Å². The lowest BCUT2D eigenvalue weighted by Crippen LogP contribution is -2.27. The maximum Gasteiger partial charge on any atom is 0.221 e. The number of rotatable bonds is 3. The van der Waals surface area contributed by atoms with Gasteiger partial charge in [-0.25, -0.2) is 0 Å². The Hall–Kier alpha value is -0.970. The molecule has 2 saturated carbocycles. The largest absolute Gasteiger partial charge is 0.345 e. The summed E-state index contributed by atoms with van der Waals surface area (Å²) < 4.78 is 0. The van der Waals surface area contributed by atoms with Crippen molar-refractivity contribution in [2.75, 3.05) is 6.54 Å². The van der Waals surface area contributed by atoms with E-state index in [1.165, 1.54) is 25.7 Å². The van der Waals surface area contributed by atoms with Gasteiger partial charge in [0.25, 0.3) is 0 Å². The predicted octanol–water partition coefficient (Wildman–Crippen LogP) is 1.56. The van der Waals surface area contributed by atoms with Crippen LogP contribution < -0.4 is 5.32 Å². The first-order valence-corrected chi connectivity index (χ1v) is 5.49. The van der Waals surface area contributed by atoms with Gasteiger partial charge in [-0.1, -0.05) is 12.3 Å². The van der Waals surface area contributed by atoms with Crippen molar-refractivity contribution in [3.8, 4) is 12.3 Å². The van der Waals surface area contributed by atoms with Crippen LogP contribution >= 0.6 is 0 Å². The average molecular weight is 191 g/mol. The van der Waals surface area contributed by atoms with Gasteiger partial charge in [0.1, 0.15) is 0 Å². The fourth-order valence-corrected chi connectivity index (χ4v) is 3.09. The van der Waals surface area contributed by atoms with Crippen molar-refractivity contribution in [2.45, 2.75) is 32.1 Å². The highest BCUT2D eigenvalue weighted by Gasteiger charge is 2.39. The molecule has 3 atom stereocenters. The molecule has 0 spiro atoms. The monoisotopic (exact) mass is 191 g/mol. The van der Waals surface area contributed by atoms with E-state index >= 15 is 0 Å². The van der Waals surface area contributed by atoms with Crippen LogP contribution in [0.3, 0.4) is 0 Å². The molecule has 76 valence electrons. The van der Waals surface area contributed by atoms with Gasteiger partial charge in [0.2, 0.25) is 5.91 Å². The Balaban J connectivity index is 1.76. The van der Waals surface area contributed by atoms with Crippen LogP contribution in [0.5, 0.6) is 0 Å². The Morgan fingerprint density at radius 1 is 1.43 bits per heavy atom. The molecule has 0 aromatic carbocycles. The number of fused-ring (bicyclic) bond motifs is 2. The van der Waals surface area contributed by atoms with Gasteiger partial charge >= 0.3 is 0 Å². The van der Waals surface area contributed by atoms with Crippen molar-refractivity contribution < 1.29 is 4.79 Å². The standard InChI is InChI=1S/C12H17NO/c1-2-5-13-12(14)8-11-7-9-3-4-10(11)6-9/h1,9-11H,3-8H2,(H,13,14). The average Bonchev–Trinajstić information content (AvgIpc) is 2.76. The van der Waals surface area contributed by atoms with E-state index in [-0.39, 0.29) is 5.91 Å². The zero-order chi connectivity index (χ0) is 9.97. The van der Waals surface area contributed by atoms with Crippen LogP contribution in [0.4, 0.5) is 0 Å². The van der Waals surface area contributed by atoms with Gasteiger partial charge in [0.05, 0.1) is 6.54 Å². The summed E-state index contributed by atoms with van der Waals surface area (Å²) in [5.41, 5.74) is 0. The van der Waals surface area contributed by atoms with Crippen LogP contribution in [0, 0.1) is 30.1 Å². The molecule has 1 N–H and O–H groups in total. The summed E-state index contributed by atoms with van der Waals surface area (Å²) >= 11 is 0. The van der Waals surface area contributed by atoms with Crippen LogP contribution in [-0.4, -0.2) is 12.5 Å². The van der Waals surface area contributed by atoms with Crippen molar-refractivity contribution in [3.63, 3.8) is 0 Å². The molecule has 0 aliphatic heterocycles. The molecular weight excluding hydrogens is 174 g/mol. The van der Waals surface area contributed by atoms with Crippen molar-refractivity contribution in [3.05, 3.63) is 0 Å². The highest BCUT2D eigenvalue weighted by Crippen LogP contribution is 2.49. The molecule has 0 heterocycles. The Kier molecular flexibility index (Phi) is 2.77. The summed E-state index contributed by atoms with van der Waals surface area (Å²) in [6, 6.07) is 0. The molecule has 0 saturated heterocycles. The van der Waals surface area contributed by atoms with Gasteiger partial charge in [-0.15, -0.1) is 6.42 Å². The summed E-state index contributed by atoms with van der Waals surface area (Å²) in [7, 11) is 0. The number of terminal acetylenes is 1. The number of hydrogen-bond donors (Lipinski definition) is 1. The summed E-state index contributed by atoms with van der Waals surface area (Å²) in [5.74, 6) is 4.96. The third-order valence-corrected chi connectivity index (χ3v) is 3.72. The molecule has 0 aromatic heterocycles. The maximum absolute atomic E-state index is 11.4. The zero-order valence-corrected chi connectivity index (χ0v) is 8.46. The SMILES string of the molecule is C#CCNC(=O)CC1CC2CCC1C2. The van der Waals surface area contributed by atoms with Gasteiger partial charge in [0, 0.05) is 6.42 Å². The summed E-state index contributed by atoms with van der Waals surface area (Å²) in [5, 5.41) is 2.74. The van der Waals surface area contributed by atoms with E-state index in [0.29, 0.717) is 18.9 Å². The second kappa shape index (κ2) is 4.04. The van der Waals surface area contributed by atoms with Gasteiger partial charge in [-0.3, -0.25) is 4.79 Å². The van der Waals surface area contributed by atoms with Crippen LogP contribution in [0.15, 0.2) is 0 Å². The summed E-state index contributed by atoms with van der Waals surface area (Å²) in [4.78, 5) is 11.4. The van der Waals surface area contributed by atoms with Crippen LogP contribution in [0.1, 0.15) is 32.1 Å². The topological polar surface area (TPSA) is 29.1 Å². The molecule has 2 nitrogen and oxygen atoms in total. The molecule has 3 unspecified atom stereocenters. The summed E-state index contributed by atoms with van der Waals surface area (Å²) in [6.07, 6.45) is 11.2. The smallest absolute Gasteiger partial charge is 0.221 e. The minimum absolute atomic E-state index is 0.139. The van der Waals surface area contributed by atoms with E-state index in [9.17, 15) is 4.79 Å². The maximum atomic E-state index is 11.4. The highest BCUT2D eigenvalue weighted by molar-refractivity contribution is 5.76. The van der Waals surface area contributed by atoms with E-state index in [1.54, 1.807) is 0 Å². The minimum atomic E-state index is 0.139. The van der Waals surface area contributed by atoms with Crippen LogP contribution in [-0.2, 0) is 4.79 Å². The van der Waals surface area contributed by atoms with Crippen molar-refractivity contribution in [1.82, 2.24) is 5.32 Å². The number of hydrogen-bond acceptors (Lipinski definition) is 1.